The molecule has 1 amide bonds. The van der Waals surface area contributed by atoms with Crippen LogP contribution in [-0.2, 0) is 21.3 Å². The summed E-state index contributed by atoms with van der Waals surface area (Å²) < 4.78 is 29.7. The van der Waals surface area contributed by atoms with Crippen molar-refractivity contribution >= 4 is 39.0 Å². The highest BCUT2D eigenvalue weighted by Crippen LogP contribution is 2.31. The summed E-state index contributed by atoms with van der Waals surface area (Å²) in [6.07, 6.45) is 0.761. The second-order valence-electron chi connectivity index (χ2n) is 5.27. The molecule has 0 fully saturated rings. The highest BCUT2D eigenvalue weighted by Gasteiger charge is 2.23. The van der Waals surface area contributed by atoms with Crippen molar-refractivity contribution in [3.8, 4) is 5.75 Å². The van der Waals surface area contributed by atoms with Crippen LogP contribution in [0.2, 0.25) is 5.02 Å². The minimum absolute atomic E-state index is 0.0486. The van der Waals surface area contributed by atoms with Gasteiger partial charge in [0.15, 0.2) is 0 Å². The van der Waals surface area contributed by atoms with Gasteiger partial charge in [-0.1, -0.05) is 11.6 Å². The average Bonchev–Trinajstić information content (AvgIpc) is 2.54. The fourth-order valence-electron chi connectivity index (χ4n) is 2.37. The fraction of sp³-hybridized carbons (Fsp3) is 0.133. The van der Waals surface area contributed by atoms with Gasteiger partial charge in [0, 0.05) is 18.2 Å². The topological polar surface area (TPSA) is 116 Å². The Hall–Kier alpha value is -2.65. The van der Waals surface area contributed by atoms with E-state index in [0.29, 0.717) is 18.5 Å². The summed E-state index contributed by atoms with van der Waals surface area (Å²) in [5.74, 6) is -0.0604. The lowest BCUT2D eigenvalue weighted by molar-refractivity contribution is -0.384. The van der Waals surface area contributed by atoms with E-state index in [0.717, 1.165) is 23.8 Å². The van der Waals surface area contributed by atoms with Gasteiger partial charge in [0.25, 0.3) is 5.69 Å². The molecule has 0 spiro atoms. The van der Waals surface area contributed by atoms with Crippen molar-refractivity contribution < 1.29 is 22.3 Å². The molecule has 1 aliphatic heterocycles. The zero-order chi connectivity index (χ0) is 18.2. The van der Waals surface area contributed by atoms with Crippen LogP contribution < -0.4 is 9.50 Å². The molecule has 0 radical (unpaired) electrons. The molecule has 1 N–H and O–H groups in total. The number of carbonyl (C=O) groups is 1. The van der Waals surface area contributed by atoms with Crippen LogP contribution in [0.15, 0.2) is 41.3 Å². The summed E-state index contributed by atoms with van der Waals surface area (Å²) in [7, 11) is -4.27. The molecule has 8 nitrogen and oxygen atoms in total. The third-order valence-electron chi connectivity index (χ3n) is 3.58. The number of amides is 1. The van der Waals surface area contributed by atoms with Crippen LogP contribution in [0.5, 0.6) is 5.75 Å². The molecule has 3 rings (SSSR count). The summed E-state index contributed by atoms with van der Waals surface area (Å²) in [4.78, 5) is 21.1. The van der Waals surface area contributed by atoms with E-state index in [4.69, 9.17) is 15.8 Å². The Morgan fingerprint density at radius 3 is 2.64 bits per heavy atom. The number of hydrogen-bond acceptors (Lipinski definition) is 6. The maximum absolute atomic E-state index is 12.4. The predicted molar refractivity (Wildman–Crippen MR) is 89.3 cm³/mol. The molecule has 1 heterocycles. The number of aryl methyl sites for hydroxylation is 1. The first-order valence-corrected chi connectivity index (χ1v) is 8.86. The second-order valence-corrected chi connectivity index (χ2v) is 7.23. The normalized spacial score (nSPS) is 13.7. The van der Waals surface area contributed by atoms with Crippen LogP contribution >= 0.6 is 11.6 Å². The lowest BCUT2D eigenvalue weighted by Gasteiger charge is -2.17. The Morgan fingerprint density at radius 1 is 1.16 bits per heavy atom. The van der Waals surface area contributed by atoms with Crippen LogP contribution in [0.1, 0.15) is 12.0 Å². The first-order valence-electron chi connectivity index (χ1n) is 7.07. The molecule has 0 saturated heterocycles. The Morgan fingerprint density at radius 2 is 1.92 bits per heavy atom. The summed E-state index contributed by atoms with van der Waals surface area (Å²) in [5.41, 5.74) is 0.817. The minimum Gasteiger partial charge on any atom is -0.379 e. The number of nitro groups is 1. The van der Waals surface area contributed by atoms with Crippen LogP contribution in [0, 0.1) is 10.1 Å². The van der Waals surface area contributed by atoms with Gasteiger partial charge in [0.05, 0.1) is 4.92 Å². The van der Waals surface area contributed by atoms with Gasteiger partial charge in [-0.15, -0.1) is 0 Å². The molecule has 2 aromatic carbocycles. The van der Waals surface area contributed by atoms with Crippen LogP contribution in [-0.4, -0.2) is 19.2 Å². The molecule has 0 aliphatic carbocycles. The van der Waals surface area contributed by atoms with Gasteiger partial charge in [-0.25, -0.2) is 0 Å². The number of benzene rings is 2. The Balaban J connectivity index is 1.91. The van der Waals surface area contributed by atoms with E-state index >= 15 is 0 Å². The minimum atomic E-state index is -4.27. The molecular weight excluding hydrogens is 372 g/mol. The summed E-state index contributed by atoms with van der Waals surface area (Å²) >= 11 is 5.68. The smallest absolute Gasteiger partial charge is 0.339 e. The Labute approximate surface area is 147 Å². The van der Waals surface area contributed by atoms with E-state index in [9.17, 15) is 23.3 Å². The van der Waals surface area contributed by atoms with Crippen molar-refractivity contribution in [1.29, 1.82) is 0 Å². The van der Waals surface area contributed by atoms with Gasteiger partial charge in [-0.3, -0.25) is 14.9 Å². The first kappa shape index (κ1) is 17.2. The molecule has 130 valence electrons. The SMILES string of the molecule is O=C1CCc2cc(OS(=O)(=O)c3ccc(Cl)c([N+](=O)[O-])c3)ccc2N1. The number of carbonyl (C=O) groups excluding carboxylic acids is 1. The van der Waals surface area contributed by atoms with Crippen molar-refractivity contribution in [2.45, 2.75) is 17.7 Å². The fourth-order valence-corrected chi connectivity index (χ4v) is 3.50. The molecule has 25 heavy (non-hydrogen) atoms. The molecule has 1 aliphatic rings. The number of fused-ring (bicyclic) bond motifs is 1. The third-order valence-corrected chi connectivity index (χ3v) is 5.14. The van der Waals surface area contributed by atoms with Crippen molar-refractivity contribution in [2.75, 3.05) is 5.32 Å². The van der Waals surface area contributed by atoms with Crippen molar-refractivity contribution in [3.63, 3.8) is 0 Å². The van der Waals surface area contributed by atoms with E-state index in [1.807, 2.05) is 0 Å². The van der Waals surface area contributed by atoms with Gasteiger partial charge >= 0.3 is 10.1 Å². The van der Waals surface area contributed by atoms with Crippen LogP contribution in [0.4, 0.5) is 11.4 Å². The van der Waals surface area contributed by atoms with E-state index in [-0.39, 0.29) is 21.6 Å². The molecule has 0 bridgehead atoms. The number of nitrogens with one attached hydrogen (secondary N) is 1. The highest BCUT2D eigenvalue weighted by atomic mass is 35.5. The van der Waals surface area contributed by atoms with E-state index < -0.39 is 20.7 Å². The molecule has 0 saturated carbocycles. The summed E-state index contributed by atoms with van der Waals surface area (Å²) in [5, 5.41) is 13.4. The van der Waals surface area contributed by atoms with Gasteiger partial charge < -0.3 is 9.50 Å². The van der Waals surface area contributed by atoms with Crippen LogP contribution in [0.3, 0.4) is 0 Å². The Kier molecular flexibility index (Phi) is 4.36. The quantitative estimate of drug-likeness (QED) is 0.493. The van der Waals surface area contributed by atoms with Gasteiger partial charge in [0.2, 0.25) is 5.91 Å². The predicted octanol–water partition coefficient (Wildman–Crippen LogP) is 2.90. The maximum Gasteiger partial charge on any atom is 0.339 e. The van der Waals surface area contributed by atoms with Gasteiger partial charge in [0.1, 0.15) is 15.7 Å². The highest BCUT2D eigenvalue weighted by molar-refractivity contribution is 7.87. The molecule has 10 heteroatoms. The number of nitrogens with zero attached hydrogens (tertiary/aromatic N) is 1. The van der Waals surface area contributed by atoms with Gasteiger partial charge in [-0.05, 0) is 42.3 Å². The second kappa shape index (κ2) is 6.34. The first-order chi connectivity index (χ1) is 11.8. The Bertz CT molecular complexity index is 990. The third kappa shape index (κ3) is 3.57. The zero-order valence-electron chi connectivity index (χ0n) is 12.6. The van der Waals surface area contributed by atoms with Crippen LogP contribution in [0.25, 0.3) is 0 Å². The van der Waals surface area contributed by atoms with Crippen molar-refractivity contribution in [3.05, 3.63) is 57.1 Å². The monoisotopic (exact) mass is 382 g/mol. The average molecular weight is 383 g/mol. The maximum atomic E-state index is 12.4. The summed E-state index contributed by atoms with van der Waals surface area (Å²) in [6.45, 7) is 0. The molecule has 2 aromatic rings. The lowest BCUT2D eigenvalue weighted by atomic mass is 10.0. The van der Waals surface area contributed by atoms with E-state index in [1.165, 1.54) is 12.1 Å². The number of anilines is 1. The van der Waals surface area contributed by atoms with Crippen molar-refractivity contribution in [1.82, 2.24) is 0 Å². The van der Waals surface area contributed by atoms with Gasteiger partial charge in [-0.2, -0.15) is 8.42 Å². The number of rotatable bonds is 4. The van der Waals surface area contributed by atoms with Crippen molar-refractivity contribution in [2.24, 2.45) is 0 Å². The molecule has 0 atom stereocenters. The summed E-state index contributed by atoms with van der Waals surface area (Å²) in [6, 6.07) is 7.54. The molecule has 0 unspecified atom stereocenters. The number of nitro benzene ring substituents is 1. The number of hydrogen-bond donors (Lipinski definition) is 1. The standard InChI is InChI=1S/C15H11ClN2O6S/c16-12-4-3-11(8-14(12)18(20)21)25(22,23)24-10-2-5-13-9(7-10)1-6-15(19)17-13/h2-5,7-8H,1,6H2,(H,17,19). The zero-order valence-corrected chi connectivity index (χ0v) is 14.1. The lowest BCUT2D eigenvalue weighted by Crippen LogP contribution is -2.19. The van der Waals surface area contributed by atoms with E-state index in [2.05, 4.69) is 5.32 Å². The van der Waals surface area contributed by atoms with E-state index in [1.54, 1.807) is 6.07 Å². The largest absolute Gasteiger partial charge is 0.379 e. The number of halogens is 1. The molecular formula is C15H11ClN2O6S. The molecule has 0 aromatic heterocycles.